The van der Waals surface area contributed by atoms with Gasteiger partial charge >= 0.3 is 0 Å². The molecule has 2 N–H and O–H groups in total. The van der Waals surface area contributed by atoms with Gasteiger partial charge in [0.1, 0.15) is 5.69 Å². The molecule has 108 valence electrons. The Hall–Kier alpha value is -1.91. The Morgan fingerprint density at radius 1 is 1.45 bits per heavy atom. The molecule has 1 aliphatic heterocycles. The number of hydrogen-bond donors (Lipinski definition) is 1. The van der Waals surface area contributed by atoms with Gasteiger partial charge in [-0.3, -0.25) is 14.6 Å². The van der Waals surface area contributed by atoms with Gasteiger partial charge in [-0.05, 0) is 37.3 Å². The maximum absolute atomic E-state index is 12.4. The van der Waals surface area contributed by atoms with E-state index in [2.05, 4.69) is 11.9 Å². The zero-order chi connectivity index (χ0) is 14.5. The van der Waals surface area contributed by atoms with Crippen LogP contribution in [0.15, 0.2) is 18.3 Å². The average molecular weight is 275 g/mol. The summed E-state index contributed by atoms with van der Waals surface area (Å²) in [5, 5.41) is 0. The predicted molar refractivity (Wildman–Crippen MR) is 76.3 cm³/mol. The summed E-state index contributed by atoms with van der Waals surface area (Å²) in [6.07, 6.45) is 5.93. The molecular weight excluding hydrogens is 254 g/mol. The van der Waals surface area contributed by atoms with E-state index in [9.17, 15) is 9.59 Å². The van der Waals surface area contributed by atoms with Crippen molar-refractivity contribution in [3.05, 3.63) is 29.6 Å². The highest BCUT2D eigenvalue weighted by Crippen LogP contribution is 2.21. The molecule has 1 fully saturated rings. The van der Waals surface area contributed by atoms with Crippen molar-refractivity contribution < 1.29 is 9.59 Å². The molecule has 1 aromatic rings. The van der Waals surface area contributed by atoms with Gasteiger partial charge in [-0.15, -0.1) is 0 Å². The standard InChI is InChI=1S/C15H21N3O2/c1-2-4-11-5-3-8-18(10-11)15(20)13-7-6-12(9-17-13)14(16)19/h6-7,9,11H,2-5,8,10H2,1H3,(H2,16,19). The summed E-state index contributed by atoms with van der Waals surface area (Å²) in [6, 6.07) is 3.13. The highest BCUT2D eigenvalue weighted by atomic mass is 16.2. The number of amides is 2. The maximum atomic E-state index is 12.4. The zero-order valence-corrected chi connectivity index (χ0v) is 11.8. The van der Waals surface area contributed by atoms with Gasteiger partial charge < -0.3 is 10.6 Å². The van der Waals surface area contributed by atoms with Crippen molar-refractivity contribution in [3.8, 4) is 0 Å². The molecule has 0 saturated carbocycles. The van der Waals surface area contributed by atoms with Gasteiger partial charge in [-0.25, -0.2) is 0 Å². The molecule has 2 amide bonds. The third-order valence-electron chi connectivity index (χ3n) is 3.77. The molecule has 20 heavy (non-hydrogen) atoms. The van der Waals surface area contributed by atoms with Crippen LogP contribution >= 0.6 is 0 Å². The first-order valence-corrected chi connectivity index (χ1v) is 7.17. The van der Waals surface area contributed by atoms with Gasteiger partial charge in [0.2, 0.25) is 5.91 Å². The quantitative estimate of drug-likeness (QED) is 0.910. The molecule has 0 bridgehead atoms. The number of aromatic nitrogens is 1. The number of nitrogens with two attached hydrogens (primary N) is 1. The van der Waals surface area contributed by atoms with E-state index in [1.54, 1.807) is 12.1 Å². The molecule has 2 rings (SSSR count). The Morgan fingerprint density at radius 3 is 2.85 bits per heavy atom. The largest absolute Gasteiger partial charge is 0.366 e. The molecule has 1 aromatic heterocycles. The summed E-state index contributed by atoms with van der Waals surface area (Å²) in [4.78, 5) is 29.3. The van der Waals surface area contributed by atoms with Gasteiger partial charge in [-0.2, -0.15) is 0 Å². The first-order valence-electron chi connectivity index (χ1n) is 7.17. The summed E-state index contributed by atoms with van der Waals surface area (Å²) in [6.45, 7) is 3.77. The first kappa shape index (κ1) is 14.5. The van der Waals surface area contributed by atoms with Crippen LogP contribution in [-0.2, 0) is 0 Å². The minimum Gasteiger partial charge on any atom is -0.366 e. The van der Waals surface area contributed by atoms with Crippen LogP contribution in [0.25, 0.3) is 0 Å². The van der Waals surface area contributed by atoms with E-state index >= 15 is 0 Å². The van der Waals surface area contributed by atoms with Crippen molar-refractivity contribution in [1.82, 2.24) is 9.88 Å². The average Bonchev–Trinajstić information content (AvgIpc) is 2.47. The topological polar surface area (TPSA) is 76.3 Å². The fourth-order valence-corrected chi connectivity index (χ4v) is 2.72. The zero-order valence-electron chi connectivity index (χ0n) is 11.8. The highest BCUT2D eigenvalue weighted by Gasteiger charge is 2.24. The van der Waals surface area contributed by atoms with Crippen molar-refractivity contribution >= 4 is 11.8 Å². The molecule has 5 nitrogen and oxygen atoms in total. The van der Waals surface area contributed by atoms with Crippen LogP contribution in [0, 0.1) is 5.92 Å². The van der Waals surface area contributed by atoms with E-state index in [0.29, 0.717) is 17.2 Å². The lowest BCUT2D eigenvalue weighted by Gasteiger charge is -2.32. The van der Waals surface area contributed by atoms with Gasteiger partial charge in [0.05, 0.1) is 5.56 Å². The normalized spacial score (nSPS) is 18.9. The second-order valence-electron chi connectivity index (χ2n) is 5.34. The third-order valence-corrected chi connectivity index (χ3v) is 3.77. The van der Waals surface area contributed by atoms with Crippen LogP contribution in [0.2, 0.25) is 0 Å². The minimum atomic E-state index is -0.530. The van der Waals surface area contributed by atoms with E-state index in [-0.39, 0.29) is 5.91 Å². The maximum Gasteiger partial charge on any atom is 0.272 e. The molecule has 5 heteroatoms. The molecule has 0 aliphatic carbocycles. The summed E-state index contributed by atoms with van der Waals surface area (Å²) >= 11 is 0. The molecule has 1 aliphatic rings. The molecular formula is C15H21N3O2. The number of nitrogens with zero attached hydrogens (tertiary/aromatic N) is 2. The third kappa shape index (κ3) is 3.35. The lowest BCUT2D eigenvalue weighted by Crippen LogP contribution is -2.40. The van der Waals surface area contributed by atoms with E-state index in [4.69, 9.17) is 5.73 Å². The van der Waals surface area contributed by atoms with Crippen molar-refractivity contribution in [2.45, 2.75) is 32.6 Å². The summed E-state index contributed by atoms with van der Waals surface area (Å²) in [5.41, 5.74) is 5.86. The smallest absolute Gasteiger partial charge is 0.272 e. The fraction of sp³-hybridized carbons (Fsp3) is 0.533. The fourth-order valence-electron chi connectivity index (χ4n) is 2.72. The Balaban J connectivity index is 2.04. The van der Waals surface area contributed by atoms with Crippen LogP contribution in [0.3, 0.4) is 0 Å². The number of likely N-dealkylation sites (tertiary alicyclic amines) is 1. The lowest BCUT2D eigenvalue weighted by atomic mass is 9.93. The Bertz CT molecular complexity index is 482. The van der Waals surface area contributed by atoms with Crippen LogP contribution in [0.5, 0.6) is 0 Å². The van der Waals surface area contributed by atoms with Crippen LogP contribution in [0.1, 0.15) is 53.5 Å². The summed E-state index contributed by atoms with van der Waals surface area (Å²) < 4.78 is 0. The molecule has 1 unspecified atom stereocenters. The van der Waals surface area contributed by atoms with Gasteiger partial charge in [0, 0.05) is 19.3 Å². The lowest BCUT2D eigenvalue weighted by molar-refractivity contribution is 0.0661. The van der Waals surface area contributed by atoms with E-state index in [0.717, 1.165) is 32.4 Å². The van der Waals surface area contributed by atoms with Crippen LogP contribution in [-0.4, -0.2) is 34.8 Å². The van der Waals surface area contributed by atoms with Gasteiger partial charge in [0.25, 0.3) is 5.91 Å². The molecule has 0 spiro atoms. The predicted octanol–water partition coefficient (Wildman–Crippen LogP) is 1.83. The molecule has 0 radical (unpaired) electrons. The van der Waals surface area contributed by atoms with Gasteiger partial charge in [-0.1, -0.05) is 13.3 Å². The Labute approximate surface area is 119 Å². The van der Waals surface area contributed by atoms with Crippen molar-refractivity contribution in [2.75, 3.05) is 13.1 Å². The number of carbonyl (C=O) groups is 2. The van der Waals surface area contributed by atoms with Crippen LogP contribution < -0.4 is 5.73 Å². The number of primary amides is 1. The van der Waals surface area contributed by atoms with Crippen molar-refractivity contribution in [1.29, 1.82) is 0 Å². The summed E-state index contributed by atoms with van der Waals surface area (Å²) in [7, 11) is 0. The number of piperidine rings is 1. The van der Waals surface area contributed by atoms with Crippen molar-refractivity contribution in [2.24, 2.45) is 11.7 Å². The minimum absolute atomic E-state index is 0.0539. The van der Waals surface area contributed by atoms with E-state index in [1.165, 1.54) is 12.6 Å². The molecule has 2 heterocycles. The van der Waals surface area contributed by atoms with Crippen LogP contribution in [0.4, 0.5) is 0 Å². The second kappa shape index (κ2) is 6.50. The number of carbonyl (C=O) groups excluding carboxylic acids is 2. The SMILES string of the molecule is CCCC1CCCN(C(=O)c2ccc(C(N)=O)cn2)C1. The molecule has 1 saturated heterocycles. The highest BCUT2D eigenvalue weighted by molar-refractivity contribution is 5.95. The number of hydrogen-bond acceptors (Lipinski definition) is 3. The number of rotatable bonds is 4. The van der Waals surface area contributed by atoms with E-state index in [1.807, 2.05) is 4.90 Å². The van der Waals surface area contributed by atoms with Crippen molar-refractivity contribution in [3.63, 3.8) is 0 Å². The summed E-state index contributed by atoms with van der Waals surface area (Å²) in [5.74, 6) is 0.0156. The van der Waals surface area contributed by atoms with Gasteiger partial charge in [0.15, 0.2) is 0 Å². The Morgan fingerprint density at radius 2 is 2.25 bits per heavy atom. The Kier molecular flexibility index (Phi) is 4.71. The monoisotopic (exact) mass is 275 g/mol. The van der Waals surface area contributed by atoms with E-state index < -0.39 is 5.91 Å². The molecule has 0 aromatic carbocycles. The first-order chi connectivity index (χ1) is 9.61. The molecule has 1 atom stereocenters. The number of pyridine rings is 1. The second-order valence-corrected chi connectivity index (χ2v) is 5.34.